The Labute approximate surface area is 58.2 Å². The van der Waals surface area contributed by atoms with Gasteiger partial charge < -0.3 is 4.90 Å². The van der Waals surface area contributed by atoms with Crippen LogP contribution in [-0.4, -0.2) is 24.3 Å². The first kappa shape index (κ1) is 0.809. The molecule has 0 saturated carbocycles. The average molecular weight is 111 g/mol. The molecule has 0 bridgehead atoms. The molecule has 0 N–H and O–H groups in total. The second kappa shape index (κ2) is 3.65. The van der Waals surface area contributed by atoms with Crippen molar-refractivity contribution in [3.05, 3.63) is 0 Å². The molecule has 2 nitrogen and oxygen atoms in total. The van der Waals surface area contributed by atoms with Gasteiger partial charge in [0.1, 0.15) is 0 Å². The smallest absolute Gasteiger partial charge is 0.209 e. The summed E-state index contributed by atoms with van der Waals surface area (Å²) in [4.78, 5) is 10.2. The van der Waals surface area contributed by atoms with Gasteiger partial charge in [-0.3, -0.25) is 4.79 Å². The van der Waals surface area contributed by atoms with Gasteiger partial charge in [-0.25, -0.2) is 0 Å². The number of hydrogen-bond donors (Lipinski definition) is 0. The van der Waals surface area contributed by atoms with E-state index in [0.717, 1.165) is 0 Å². The summed E-state index contributed by atoms with van der Waals surface area (Å²) in [5.41, 5.74) is 0. The van der Waals surface area contributed by atoms with Gasteiger partial charge in [0, 0.05) is 26.7 Å². The standard InChI is InChI=1S/C5H11NO/c1-3-6(4-2)5-7/h5H,3-4H2,1-2H3/i1D3,2D3,3D2,4D2. The minimum atomic E-state index is -3.42. The molecule has 0 spiro atoms. The van der Waals surface area contributed by atoms with Crippen LogP contribution in [0.25, 0.3) is 0 Å². The minimum Gasteiger partial charge on any atom is -0.346 e. The van der Waals surface area contributed by atoms with E-state index in [-0.39, 0.29) is 0 Å². The number of nitrogens with zero attached hydrogens (tertiary/aromatic N) is 1. The van der Waals surface area contributed by atoms with Gasteiger partial charge >= 0.3 is 0 Å². The molecule has 0 aromatic rings. The summed E-state index contributed by atoms with van der Waals surface area (Å²) < 4.78 is 69.9. The third-order valence-corrected chi connectivity index (χ3v) is 0.346. The van der Waals surface area contributed by atoms with Crippen molar-refractivity contribution >= 4 is 6.41 Å². The van der Waals surface area contributed by atoms with Crippen molar-refractivity contribution in [1.29, 1.82) is 0 Å². The van der Waals surface area contributed by atoms with Crippen molar-refractivity contribution in [2.45, 2.75) is 13.7 Å². The molecule has 0 aliphatic carbocycles. The van der Waals surface area contributed by atoms with Crippen molar-refractivity contribution < 1.29 is 18.5 Å². The molecule has 42 valence electrons. The zero-order chi connectivity index (χ0) is 14.3. The Morgan fingerprint density at radius 1 is 1.86 bits per heavy atom. The van der Waals surface area contributed by atoms with E-state index >= 15 is 0 Å². The third kappa shape index (κ3) is 2.20. The van der Waals surface area contributed by atoms with E-state index in [1.165, 1.54) is 0 Å². The summed E-state index contributed by atoms with van der Waals surface area (Å²) in [6, 6.07) is 0. The van der Waals surface area contributed by atoms with Crippen LogP contribution >= 0.6 is 0 Å². The number of carbonyl (C=O) groups excluding carboxylic acids is 1. The molecule has 0 unspecified atom stereocenters. The van der Waals surface area contributed by atoms with Crippen LogP contribution in [0.15, 0.2) is 0 Å². The van der Waals surface area contributed by atoms with Gasteiger partial charge in [-0.15, -0.1) is 0 Å². The van der Waals surface area contributed by atoms with E-state index in [0.29, 0.717) is 0 Å². The van der Waals surface area contributed by atoms with Gasteiger partial charge in [-0.2, -0.15) is 0 Å². The molecule has 0 fully saturated rings. The number of hydrogen-bond acceptors (Lipinski definition) is 1. The predicted octanol–water partition coefficient (Wildman–Crippen LogP) is 0.485. The maximum absolute atomic E-state index is 10.6. The SMILES string of the molecule is [2H]C([2H])([2H])C([2H])([2H])N(C=O)C([2H])([2H])C([2H])([2H])[2H]. The van der Waals surface area contributed by atoms with E-state index in [2.05, 4.69) is 0 Å². The molecule has 1 amide bonds. The van der Waals surface area contributed by atoms with Gasteiger partial charge in [0.2, 0.25) is 6.41 Å². The normalized spacial score (nSPS) is 37.1. The molecule has 0 radical (unpaired) electrons. The Kier molecular flexibility index (Phi) is 0.422. The van der Waals surface area contributed by atoms with Crippen molar-refractivity contribution in [3.8, 4) is 0 Å². The fourth-order valence-corrected chi connectivity index (χ4v) is 0.0807. The van der Waals surface area contributed by atoms with Crippen molar-refractivity contribution in [2.24, 2.45) is 0 Å². The van der Waals surface area contributed by atoms with Gasteiger partial charge in [0.25, 0.3) is 0 Å². The van der Waals surface area contributed by atoms with Gasteiger partial charge in [-0.05, 0) is 13.7 Å². The Bertz CT molecular complexity index is 264. The second-order valence-corrected chi connectivity index (χ2v) is 0.699. The van der Waals surface area contributed by atoms with Crippen LogP contribution in [-0.2, 0) is 4.79 Å². The summed E-state index contributed by atoms with van der Waals surface area (Å²) in [5.74, 6) is 0. The zero-order valence-electron chi connectivity index (χ0n) is 13.4. The molecule has 0 atom stereocenters. The summed E-state index contributed by atoms with van der Waals surface area (Å²) in [7, 11) is 0. The highest BCUT2D eigenvalue weighted by Gasteiger charge is 1.87. The summed E-state index contributed by atoms with van der Waals surface area (Å²) in [6.45, 7) is -13.6. The van der Waals surface area contributed by atoms with Crippen molar-refractivity contribution in [3.63, 3.8) is 0 Å². The van der Waals surface area contributed by atoms with Crippen LogP contribution in [0.1, 0.15) is 27.4 Å². The zero-order valence-corrected chi connectivity index (χ0v) is 3.43. The van der Waals surface area contributed by atoms with E-state index in [9.17, 15) is 4.79 Å². The topological polar surface area (TPSA) is 20.3 Å². The second-order valence-electron chi connectivity index (χ2n) is 0.699. The Morgan fingerprint density at radius 2 is 2.43 bits per heavy atom. The molecule has 7 heavy (non-hydrogen) atoms. The fraction of sp³-hybridized carbons (Fsp3) is 0.800. The number of carbonyl (C=O) groups is 1. The Balaban J connectivity index is 5.60. The van der Waals surface area contributed by atoms with E-state index in [1.54, 1.807) is 0 Å². The first-order valence-electron chi connectivity index (χ1n) is 6.44. The lowest BCUT2D eigenvalue weighted by molar-refractivity contribution is -0.117. The highest BCUT2D eigenvalue weighted by molar-refractivity contribution is 5.46. The van der Waals surface area contributed by atoms with Crippen LogP contribution in [0.4, 0.5) is 0 Å². The fourth-order valence-electron chi connectivity index (χ4n) is 0.0807. The Morgan fingerprint density at radius 3 is 2.71 bits per heavy atom. The maximum atomic E-state index is 10.6. The molecule has 2 heteroatoms. The summed E-state index contributed by atoms with van der Waals surface area (Å²) in [6.07, 6.45) is -0.460. The first-order chi connectivity index (χ1) is 7.19. The van der Waals surface area contributed by atoms with Gasteiger partial charge in [0.15, 0.2) is 0 Å². The van der Waals surface area contributed by atoms with Crippen LogP contribution in [0.5, 0.6) is 0 Å². The van der Waals surface area contributed by atoms with Gasteiger partial charge in [-0.1, -0.05) is 0 Å². The summed E-state index contributed by atoms with van der Waals surface area (Å²) in [5, 5.41) is 0. The predicted molar refractivity (Wildman–Crippen MR) is 29.0 cm³/mol. The van der Waals surface area contributed by atoms with Crippen LogP contribution in [0.2, 0.25) is 0 Å². The highest BCUT2D eigenvalue weighted by atomic mass is 16.1. The largest absolute Gasteiger partial charge is 0.346 e. The molecule has 0 rings (SSSR count). The molecular weight excluding hydrogens is 90.1 g/mol. The number of rotatable bonds is 3. The van der Waals surface area contributed by atoms with Crippen molar-refractivity contribution in [1.82, 2.24) is 4.90 Å². The monoisotopic (exact) mass is 111 g/mol. The average Bonchev–Trinajstić information content (AvgIpc) is 1.99. The number of amides is 1. The van der Waals surface area contributed by atoms with Crippen LogP contribution < -0.4 is 0 Å². The first-order valence-corrected chi connectivity index (χ1v) is 1.44. The van der Waals surface area contributed by atoms with E-state index in [1.807, 2.05) is 0 Å². The van der Waals surface area contributed by atoms with Crippen LogP contribution in [0.3, 0.4) is 0 Å². The lowest BCUT2D eigenvalue weighted by Crippen LogP contribution is -2.19. The van der Waals surface area contributed by atoms with Crippen LogP contribution in [0, 0.1) is 0 Å². The van der Waals surface area contributed by atoms with E-state index in [4.69, 9.17) is 13.7 Å². The maximum Gasteiger partial charge on any atom is 0.209 e. The molecule has 0 aliphatic heterocycles. The molecule has 0 aromatic heterocycles. The quantitative estimate of drug-likeness (QED) is 0.485. The molecule has 0 aromatic carbocycles. The Hall–Kier alpha value is -0.530. The van der Waals surface area contributed by atoms with Gasteiger partial charge in [0.05, 0.1) is 0 Å². The highest BCUT2D eigenvalue weighted by Crippen LogP contribution is 1.75. The lowest BCUT2D eigenvalue weighted by atomic mass is 10.6. The van der Waals surface area contributed by atoms with Crippen molar-refractivity contribution in [2.75, 3.05) is 13.0 Å². The lowest BCUT2D eigenvalue weighted by Gasteiger charge is -2.08. The van der Waals surface area contributed by atoms with E-state index < -0.39 is 38.0 Å². The summed E-state index contributed by atoms with van der Waals surface area (Å²) >= 11 is 0. The molecular formula is C5H11NO. The molecule has 0 saturated heterocycles. The molecule has 0 aliphatic rings. The minimum absolute atomic E-state index is 0.460. The third-order valence-electron chi connectivity index (χ3n) is 0.346. The molecule has 0 heterocycles.